The molecule has 0 bridgehead atoms. The van der Waals surface area contributed by atoms with E-state index in [4.69, 9.17) is 9.15 Å². The second kappa shape index (κ2) is 7.06. The van der Waals surface area contributed by atoms with Crippen LogP contribution < -0.4 is 4.74 Å². The summed E-state index contributed by atoms with van der Waals surface area (Å²) in [6.07, 6.45) is 2.79. The predicted molar refractivity (Wildman–Crippen MR) is 95.0 cm³/mol. The smallest absolute Gasteiger partial charge is 0.291 e. The van der Waals surface area contributed by atoms with Crippen LogP contribution in [0, 0.1) is 11.8 Å². The summed E-state index contributed by atoms with van der Waals surface area (Å²) in [4.78, 5) is 20.7. The standard InChI is InChI=1S/C18H21N3O3.ClH/c1-20-8-13-9-21(18(22)16-7-19-11-24-16)10-15(13)17(20)12-3-5-14(23-2)6-4-12;/h3-7,11,13,15,17H,8-10H2,1-2H3;1H/t13-,15+,17+;/m0./s1. The van der Waals surface area contributed by atoms with E-state index >= 15 is 0 Å². The number of carbonyl (C=O) groups is 1. The van der Waals surface area contributed by atoms with Crippen LogP contribution in [0.25, 0.3) is 0 Å². The number of rotatable bonds is 3. The van der Waals surface area contributed by atoms with E-state index in [2.05, 4.69) is 29.1 Å². The van der Waals surface area contributed by atoms with Gasteiger partial charge in [0, 0.05) is 31.6 Å². The number of benzene rings is 1. The number of nitrogens with zero attached hydrogens (tertiary/aromatic N) is 3. The van der Waals surface area contributed by atoms with Crippen molar-refractivity contribution >= 4 is 18.3 Å². The molecule has 134 valence electrons. The van der Waals surface area contributed by atoms with Crippen molar-refractivity contribution in [2.45, 2.75) is 6.04 Å². The molecule has 1 aromatic heterocycles. The molecule has 1 aromatic carbocycles. The largest absolute Gasteiger partial charge is 0.497 e. The minimum Gasteiger partial charge on any atom is -0.497 e. The van der Waals surface area contributed by atoms with Gasteiger partial charge < -0.3 is 14.1 Å². The highest BCUT2D eigenvalue weighted by atomic mass is 35.5. The monoisotopic (exact) mass is 363 g/mol. The molecule has 0 saturated carbocycles. The Morgan fingerprint density at radius 2 is 2.00 bits per heavy atom. The maximum absolute atomic E-state index is 12.5. The van der Waals surface area contributed by atoms with Crippen LogP contribution in [0.4, 0.5) is 0 Å². The third-order valence-electron chi connectivity index (χ3n) is 5.28. The van der Waals surface area contributed by atoms with E-state index in [1.54, 1.807) is 7.11 Å². The molecule has 3 atom stereocenters. The Morgan fingerprint density at radius 1 is 1.24 bits per heavy atom. The summed E-state index contributed by atoms with van der Waals surface area (Å²) in [5, 5.41) is 0. The lowest BCUT2D eigenvalue weighted by Crippen LogP contribution is -2.33. The zero-order valence-electron chi connectivity index (χ0n) is 14.3. The van der Waals surface area contributed by atoms with Crippen LogP contribution in [0.5, 0.6) is 5.75 Å². The molecule has 2 aliphatic heterocycles. The molecule has 0 spiro atoms. The molecule has 25 heavy (non-hydrogen) atoms. The van der Waals surface area contributed by atoms with Gasteiger partial charge in [0.25, 0.3) is 5.91 Å². The first-order valence-electron chi connectivity index (χ1n) is 8.19. The van der Waals surface area contributed by atoms with Crippen molar-refractivity contribution in [1.82, 2.24) is 14.8 Å². The van der Waals surface area contributed by atoms with Crippen molar-refractivity contribution in [2.75, 3.05) is 33.8 Å². The third kappa shape index (κ3) is 3.12. The van der Waals surface area contributed by atoms with Crippen molar-refractivity contribution in [3.63, 3.8) is 0 Å². The number of aromatic nitrogens is 1. The normalized spacial score (nSPS) is 25.5. The maximum Gasteiger partial charge on any atom is 0.291 e. The summed E-state index contributed by atoms with van der Waals surface area (Å²) in [5.74, 6) is 2.07. The first-order chi connectivity index (χ1) is 11.7. The van der Waals surface area contributed by atoms with Crippen molar-refractivity contribution in [1.29, 1.82) is 0 Å². The van der Waals surface area contributed by atoms with Gasteiger partial charge in [0.1, 0.15) is 5.75 Å². The molecule has 2 fully saturated rings. The molecule has 2 aromatic rings. The highest BCUT2D eigenvalue weighted by Gasteiger charge is 2.47. The fraction of sp³-hybridized carbons (Fsp3) is 0.444. The van der Waals surface area contributed by atoms with Crippen LogP contribution in [-0.2, 0) is 0 Å². The van der Waals surface area contributed by atoms with Crippen LogP contribution in [0.2, 0.25) is 0 Å². The number of ether oxygens (including phenoxy) is 1. The molecule has 0 N–H and O–H groups in total. The predicted octanol–water partition coefficient (Wildman–Crippen LogP) is 2.48. The SMILES string of the molecule is COc1ccc([C@@H]2[C@@H]3CN(C(=O)c4cnco4)C[C@@H]3CN2C)cc1.Cl. The zero-order valence-corrected chi connectivity index (χ0v) is 15.1. The molecular formula is C18H22ClN3O3. The number of hydrogen-bond acceptors (Lipinski definition) is 5. The van der Waals surface area contributed by atoms with Gasteiger partial charge in [-0.1, -0.05) is 12.1 Å². The average molecular weight is 364 g/mol. The fourth-order valence-corrected chi connectivity index (χ4v) is 4.20. The minimum atomic E-state index is -0.0574. The lowest BCUT2D eigenvalue weighted by atomic mass is 9.89. The number of fused-ring (bicyclic) bond motifs is 1. The molecule has 2 saturated heterocycles. The molecular weight excluding hydrogens is 342 g/mol. The number of halogens is 1. The number of hydrogen-bond donors (Lipinski definition) is 0. The van der Waals surface area contributed by atoms with E-state index in [0.717, 1.165) is 25.4 Å². The van der Waals surface area contributed by atoms with E-state index in [0.29, 0.717) is 23.6 Å². The van der Waals surface area contributed by atoms with Gasteiger partial charge >= 0.3 is 0 Å². The number of carbonyl (C=O) groups excluding carboxylic acids is 1. The van der Waals surface area contributed by atoms with Crippen LogP contribution in [-0.4, -0.2) is 54.5 Å². The van der Waals surface area contributed by atoms with Crippen LogP contribution in [0.3, 0.4) is 0 Å². The quantitative estimate of drug-likeness (QED) is 0.838. The Morgan fingerprint density at radius 3 is 2.64 bits per heavy atom. The number of oxazole rings is 1. The second-order valence-corrected chi connectivity index (χ2v) is 6.66. The van der Waals surface area contributed by atoms with Crippen LogP contribution in [0.1, 0.15) is 22.2 Å². The van der Waals surface area contributed by atoms with E-state index in [-0.39, 0.29) is 18.3 Å². The van der Waals surface area contributed by atoms with Gasteiger partial charge in [-0.15, -0.1) is 12.4 Å². The van der Waals surface area contributed by atoms with Crippen LogP contribution >= 0.6 is 12.4 Å². The van der Waals surface area contributed by atoms with Crippen molar-refractivity contribution in [3.8, 4) is 5.75 Å². The van der Waals surface area contributed by atoms with Crippen molar-refractivity contribution in [3.05, 3.63) is 48.2 Å². The van der Waals surface area contributed by atoms with Gasteiger partial charge in [-0.3, -0.25) is 9.69 Å². The second-order valence-electron chi connectivity index (χ2n) is 6.66. The minimum absolute atomic E-state index is 0. The maximum atomic E-state index is 12.5. The zero-order chi connectivity index (χ0) is 16.7. The lowest BCUT2D eigenvalue weighted by molar-refractivity contribution is 0.0736. The number of amides is 1. The Hall–Kier alpha value is -2.05. The van der Waals surface area contributed by atoms with E-state index in [9.17, 15) is 4.79 Å². The van der Waals surface area contributed by atoms with Gasteiger partial charge in [-0.05, 0) is 30.7 Å². The highest BCUT2D eigenvalue weighted by Crippen LogP contribution is 2.44. The molecule has 1 amide bonds. The van der Waals surface area contributed by atoms with Crippen LogP contribution in [0.15, 0.2) is 41.3 Å². The highest BCUT2D eigenvalue weighted by molar-refractivity contribution is 5.91. The summed E-state index contributed by atoms with van der Waals surface area (Å²) in [7, 11) is 3.84. The van der Waals surface area contributed by atoms with Gasteiger partial charge in [0.05, 0.1) is 13.3 Å². The number of likely N-dealkylation sites (tertiary alicyclic amines) is 2. The van der Waals surface area contributed by atoms with E-state index in [1.807, 2.05) is 17.0 Å². The summed E-state index contributed by atoms with van der Waals surface area (Å²) in [6.45, 7) is 2.54. The molecule has 0 unspecified atom stereocenters. The Balaban J connectivity index is 0.00000182. The first-order valence-corrected chi connectivity index (χ1v) is 8.19. The lowest BCUT2D eigenvalue weighted by Gasteiger charge is -2.26. The Labute approximate surface area is 153 Å². The average Bonchev–Trinajstić information content (AvgIpc) is 3.30. The summed E-state index contributed by atoms with van der Waals surface area (Å²) < 4.78 is 10.4. The summed E-state index contributed by atoms with van der Waals surface area (Å²) in [6, 6.07) is 8.59. The van der Waals surface area contributed by atoms with Crippen molar-refractivity contribution in [2.24, 2.45) is 11.8 Å². The Bertz CT molecular complexity index is 720. The van der Waals surface area contributed by atoms with Gasteiger partial charge in [0.15, 0.2) is 6.39 Å². The molecule has 0 aliphatic carbocycles. The van der Waals surface area contributed by atoms with Gasteiger partial charge in [-0.25, -0.2) is 4.98 Å². The number of methoxy groups -OCH3 is 1. The molecule has 6 nitrogen and oxygen atoms in total. The summed E-state index contributed by atoms with van der Waals surface area (Å²) in [5.41, 5.74) is 1.28. The molecule has 7 heteroatoms. The summed E-state index contributed by atoms with van der Waals surface area (Å²) >= 11 is 0. The fourth-order valence-electron chi connectivity index (χ4n) is 4.20. The molecule has 0 radical (unpaired) electrons. The van der Waals surface area contributed by atoms with Gasteiger partial charge in [-0.2, -0.15) is 0 Å². The topological polar surface area (TPSA) is 58.8 Å². The van der Waals surface area contributed by atoms with Gasteiger partial charge in [0.2, 0.25) is 5.76 Å². The Kier molecular flexibility index (Phi) is 5.01. The van der Waals surface area contributed by atoms with Crippen molar-refractivity contribution < 1.29 is 13.9 Å². The molecule has 4 rings (SSSR count). The van der Waals surface area contributed by atoms with E-state index < -0.39 is 0 Å². The third-order valence-corrected chi connectivity index (χ3v) is 5.28. The van der Waals surface area contributed by atoms with E-state index in [1.165, 1.54) is 18.2 Å². The first kappa shape index (κ1) is 17.8. The molecule has 3 heterocycles. The molecule has 2 aliphatic rings.